The summed E-state index contributed by atoms with van der Waals surface area (Å²) in [6, 6.07) is 0.464. The third-order valence-electron chi connectivity index (χ3n) is 3.12. The molecule has 0 aliphatic carbocycles. The second-order valence-electron chi connectivity index (χ2n) is 4.37. The molecule has 0 radical (unpaired) electrons. The maximum absolute atomic E-state index is 9.03. The molecule has 1 aliphatic heterocycles. The molecule has 0 aromatic carbocycles. The summed E-state index contributed by atoms with van der Waals surface area (Å²) >= 11 is 0. The molecule has 1 unspecified atom stereocenters. The van der Waals surface area contributed by atoms with Crippen molar-refractivity contribution in [2.75, 3.05) is 13.2 Å². The van der Waals surface area contributed by atoms with Gasteiger partial charge in [0.1, 0.15) is 0 Å². The van der Waals surface area contributed by atoms with Crippen molar-refractivity contribution < 1.29 is 9.63 Å². The van der Waals surface area contributed by atoms with Gasteiger partial charge in [-0.2, -0.15) is 4.98 Å². The van der Waals surface area contributed by atoms with Gasteiger partial charge in [0.15, 0.2) is 5.82 Å². The summed E-state index contributed by atoms with van der Waals surface area (Å²) in [5, 5.41) is 12.8. The Morgan fingerprint density at radius 2 is 2.38 bits per heavy atom. The molecule has 1 aliphatic rings. The van der Waals surface area contributed by atoms with E-state index in [2.05, 4.69) is 15.0 Å². The van der Waals surface area contributed by atoms with Crippen molar-refractivity contribution >= 4 is 0 Å². The molecular weight excluding hydrogens is 206 g/mol. The lowest BCUT2D eigenvalue weighted by atomic mass is 10.00. The van der Waals surface area contributed by atoms with Gasteiger partial charge >= 0.3 is 0 Å². The molecule has 2 rings (SSSR count). The predicted molar refractivity (Wildman–Crippen MR) is 58.8 cm³/mol. The number of nitrogens with zero attached hydrogens (tertiary/aromatic N) is 3. The van der Waals surface area contributed by atoms with Crippen molar-refractivity contribution in [3.63, 3.8) is 0 Å². The Kier molecular flexibility index (Phi) is 3.90. The Morgan fingerprint density at radius 1 is 1.50 bits per heavy atom. The van der Waals surface area contributed by atoms with E-state index in [9.17, 15) is 0 Å². The van der Waals surface area contributed by atoms with Gasteiger partial charge in [0.05, 0.1) is 6.54 Å². The summed E-state index contributed by atoms with van der Waals surface area (Å²) in [5.74, 6) is 1.37. The van der Waals surface area contributed by atoms with Crippen LogP contribution in [0.15, 0.2) is 4.52 Å². The van der Waals surface area contributed by atoms with Crippen LogP contribution >= 0.6 is 0 Å². The van der Waals surface area contributed by atoms with Gasteiger partial charge in [-0.15, -0.1) is 0 Å². The first-order valence-electron chi connectivity index (χ1n) is 5.93. The molecule has 1 saturated heterocycles. The van der Waals surface area contributed by atoms with Gasteiger partial charge in [0.25, 0.3) is 0 Å². The van der Waals surface area contributed by atoms with Crippen LogP contribution in [0.4, 0.5) is 0 Å². The zero-order valence-electron chi connectivity index (χ0n) is 9.72. The molecular formula is C11H19N3O2. The van der Waals surface area contributed by atoms with E-state index in [1.54, 1.807) is 0 Å². The van der Waals surface area contributed by atoms with Crippen LogP contribution in [0.5, 0.6) is 0 Å². The lowest BCUT2D eigenvalue weighted by Gasteiger charge is -2.34. The van der Waals surface area contributed by atoms with E-state index in [1.807, 2.05) is 6.92 Å². The molecule has 1 aromatic rings. The van der Waals surface area contributed by atoms with Gasteiger partial charge in [0, 0.05) is 12.6 Å². The molecule has 90 valence electrons. The standard InChI is InChI=1S/C11H19N3O2/c1-9-12-11(16-13-9)8-14-6-3-2-4-10(14)5-7-15/h10,15H,2-8H2,1H3. The van der Waals surface area contributed by atoms with Crippen LogP contribution in [0.1, 0.15) is 37.4 Å². The Balaban J connectivity index is 1.95. The van der Waals surface area contributed by atoms with Crippen molar-refractivity contribution in [3.05, 3.63) is 11.7 Å². The number of aliphatic hydroxyl groups is 1. The number of hydrogen-bond acceptors (Lipinski definition) is 5. The van der Waals surface area contributed by atoms with Crippen molar-refractivity contribution in [3.8, 4) is 0 Å². The Bertz CT molecular complexity index is 325. The zero-order valence-corrected chi connectivity index (χ0v) is 9.72. The SMILES string of the molecule is Cc1noc(CN2CCCCC2CCO)n1. The van der Waals surface area contributed by atoms with Gasteiger partial charge in [-0.3, -0.25) is 4.90 Å². The van der Waals surface area contributed by atoms with Gasteiger partial charge in [0.2, 0.25) is 5.89 Å². The summed E-state index contributed by atoms with van der Waals surface area (Å²) in [4.78, 5) is 6.56. The second-order valence-corrected chi connectivity index (χ2v) is 4.37. The summed E-state index contributed by atoms with van der Waals surface area (Å²) in [7, 11) is 0. The normalized spacial score (nSPS) is 22.5. The smallest absolute Gasteiger partial charge is 0.240 e. The number of likely N-dealkylation sites (tertiary alicyclic amines) is 1. The zero-order chi connectivity index (χ0) is 11.4. The van der Waals surface area contributed by atoms with Crippen molar-refractivity contribution in [1.82, 2.24) is 15.0 Å². The molecule has 1 N–H and O–H groups in total. The lowest BCUT2D eigenvalue weighted by molar-refractivity contribution is 0.100. The minimum Gasteiger partial charge on any atom is -0.396 e. The van der Waals surface area contributed by atoms with Crippen LogP contribution in [0.3, 0.4) is 0 Å². The van der Waals surface area contributed by atoms with Crippen LogP contribution < -0.4 is 0 Å². The number of hydrogen-bond donors (Lipinski definition) is 1. The Hall–Kier alpha value is -0.940. The average Bonchev–Trinajstić information content (AvgIpc) is 2.67. The fraction of sp³-hybridized carbons (Fsp3) is 0.818. The molecule has 5 nitrogen and oxygen atoms in total. The summed E-state index contributed by atoms with van der Waals surface area (Å²) in [6.07, 6.45) is 4.47. The first-order valence-corrected chi connectivity index (χ1v) is 5.93. The first-order chi connectivity index (χ1) is 7.79. The van der Waals surface area contributed by atoms with E-state index in [1.165, 1.54) is 12.8 Å². The highest BCUT2D eigenvalue weighted by Crippen LogP contribution is 2.21. The number of aliphatic hydroxyl groups excluding tert-OH is 1. The van der Waals surface area contributed by atoms with Crippen LogP contribution in [0.25, 0.3) is 0 Å². The highest BCUT2D eigenvalue weighted by molar-refractivity contribution is 4.86. The lowest BCUT2D eigenvalue weighted by Crippen LogP contribution is -2.39. The van der Waals surface area contributed by atoms with E-state index >= 15 is 0 Å². The summed E-state index contributed by atoms with van der Waals surface area (Å²) < 4.78 is 5.13. The van der Waals surface area contributed by atoms with Crippen LogP contribution in [-0.2, 0) is 6.54 Å². The molecule has 0 amide bonds. The Labute approximate surface area is 95.4 Å². The average molecular weight is 225 g/mol. The maximum atomic E-state index is 9.03. The largest absolute Gasteiger partial charge is 0.396 e. The van der Waals surface area contributed by atoms with E-state index in [-0.39, 0.29) is 6.61 Å². The number of piperidine rings is 1. The molecule has 0 spiro atoms. The molecule has 16 heavy (non-hydrogen) atoms. The van der Waals surface area contributed by atoms with Gasteiger partial charge in [-0.1, -0.05) is 11.6 Å². The topological polar surface area (TPSA) is 62.4 Å². The predicted octanol–water partition coefficient (Wildman–Crippen LogP) is 1.11. The van der Waals surface area contributed by atoms with Crippen molar-refractivity contribution in [2.45, 2.75) is 45.2 Å². The molecule has 0 bridgehead atoms. The summed E-state index contributed by atoms with van der Waals surface area (Å²) in [5.41, 5.74) is 0. The molecule has 0 saturated carbocycles. The fourth-order valence-corrected chi connectivity index (χ4v) is 2.32. The Morgan fingerprint density at radius 3 is 3.06 bits per heavy atom. The third-order valence-corrected chi connectivity index (χ3v) is 3.12. The minimum absolute atomic E-state index is 0.254. The highest BCUT2D eigenvalue weighted by atomic mass is 16.5. The number of aromatic nitrogens is 2. The molecule has 2 heterocycles. The fourth-order valence-electron chi connectivity index (χ4n) is 2.32. The van der Waals surface area contributed by atoms with Gasteiger partial charge in [-0.25, -0.2) is 0 Å². The van der Waals surface area contributed by atoms with Gasteiger partial charge < -0.3 is 9.63 Å². The summed E-state index contributed by atoms with van der Waals surface area (Å²) in [6.45, 7) is 3.86. The highest BCUT2D eigenvalue weighted by Gasteiger charge is 2.23. The van der Waals surface area contributed by atoms with Crippen LogP contribution in [0, 0.1) is 6.92 Å². The molecule has 1 fully saturated rings. The third kappa shape index (κ3) is 2.80. The van der Waals surface area contributed by atoms with E-state index in [0.717, 1.165) is 19.4 Å². The van der Waals surface area contributed by atoms with Gasteiger partial charge in [-0.05, 0) is 32.7 Å². The number of rotatable bonds is 4. The van der Waals surface area contributed by atoms with E-state index in [4.69, 9.17) is 9.63 Å². The molecule has 5 heteroatoms. The number of aryl methyl sites for hydroxylation is 1. The van der Waals surface area contributed by atoms with Crippen LogP contribution in [-0.4, -0.2) is 39.3 Å². The van der Waals surface area contributed by atoms with Crippen molar-refractivity contribution in [1.29, 1.82) is 0 Å². The second kappa shape index (κ2) is 5.41. The maximum Gasteiger partial charge on any atom is 0.240 e. The molecule has 1 aromatic heterocycles. The van der Waals surface area contributed by atoms with Crippen molar-refractivity contribution in [2.24, 2.45) is 0 Å². The van der Waals surface area contributed by atoms with Crippen LogP contribution in [0.2, 0.25) is 0 Å². The minimum atomic E-state index is 0.254. The van der Waals surface area contributed by atoms with E-state index < -0.39 is 0 Å². The van der Waals surface area contributed by atoms with E-state index in [0.29, 0.717) is 24.3 Å². The first kappa shape index (κ1) is 11.5. The monoisotopic (exact) mass is 225 g/mol. The molecule has 1 atom stereocenters. The quantitative estimate of drug-likeness (QED) is 0.831.